The predicted octanol–water partition coefficient (Wildman–Crippen LogP) is 3.09. The Morgan fingerprint density at radius 1 is 1.10 bits per heavy atom. The van der Waals surface area contributed by atoms with E-state index in [1.54, 1.807) is 36.4 Å². The predicted molar refractivity (Wildman–Crippen MR) is 104 cm³/mol. The van der Waals surface area contributed by atoms with Gasteiger partial charge in [0.15, 0.2) is 11.5 Å². The van der Waals surface area contributed by atoms with Gasteiger partial charge in [-0.2, -0.15) is 10.5 Å². The number of nitrogens with zero attached hydrogens (tertiary/aromatic N) is 2. The minimum absolute atomic E-state index is 0.0358. The van der Waals surface area contributed by atoms with Crippen LogP contribution in [0.2, 0.25) is 0 Å². The molecule has 8 heteroatoms. The molecule has 3 rings (SSSR count). The second kappa shape index (κ2) is 8.15. The van der Waals surface area contributed by atoms with Crippen molar-refractivity contribution in [1.82, 2.24) is 4.98 Å². The molecule has 7 nitrogen and oxygen atoms in total. The second-order valence-electron chi connectivity index (χ2n) is 5.96. The SMILES string of the molecule is COc1ccc(-c2c(C#N)c(N)[nH]c(=O)c2C#N)cc1OCc1ccccc1F. The Bertz CT molecular complexity index is 1220. The van der Waals surface area contributed by atoms with Crippen molar-refractivity contribution in [3.05, 3.63) is 75.3 Å². The van der Waals surface area contributed by atoms with E-state index in [-0.39, 0.29) is 34.9 Å². The Morgan fingerprint density at radius 3 is 2.48 bits per heavy atom. The maximum atomic E-state index is 13.9. The monoisotopic (exact) mass is 390 g/mol. The number of hydrogen-bond donors (Lipinski definition) is 2. The Morgan fingerprint density at radius 2 is 1.83 bits per heavy atom. The molecule has 0 saturated heterocycles. The van der Waals surface area contributed by atoms with Crippen LogP contribution in [0.4, 0.5) is 10.2 Å². The van der Waals surface area contributed by atoms with Crippen molar-refractivity contribution >= 4 is 5.82 Å². The fourth-order valence-corrected chi connectivity index (χ4v) is 2.85. The molecule has 0 amide bonds. The molecule has 0 aliphatic rings. The van der Waals surface area contributed by atoms with E-state index in [2.05, 4.69) is 4.98 Å². The van der Waals surface area contributed by atoms with Crippen molar-refractivity contribution in [2.75, 3.05) is 12.8 Å². The van der Waals surface area contributed by atoms with Crippen LogP contribution in [0, 0.1) is 28.5 Å². The standard InChI is InChI=1S/C21H15FN4O3/c1-28-17-7-6-12(8-18(17)29-11-13-4-2-3-5-16(13)22)19-14(9-23)20(25)26-21(27)15(19)10-24/h2-8H,11H2,1H3,(H3,25,26,27). The van der Waals surface area contributed by atoms with Gasteiger partial charge in [-0.25, -0.2) is 4.39 Å². The van der Waals surface area contributed by atoms with Crippen LogP contribution in [0.5, 0.6) is 11.5 Å². The molecule has 0 saturated carbocycles. The van der Waals surface area contributed by atoms with Gasteiger partial charge in [0.2, 0.25) is 0 Å². The van der Waals surface area contributed by atoms with Gasteiger partial charge in [-0.15, -0.1) is 0 Å². The van der Waals surface area contributed by atoms with E-state index in [4.69, 9.17) is 15.2 Å². The van der Waals surface area contributed by atoms with Crippen molar-refractivity contribution in [3.8, 4) is 34.8 Å². The smallest absolute Gasteiger partial charge is 0.268 e. The van der Waals surface area contributed by atoms with Crippen LogP contribution < -0.4 is 20.8 Å². The summed E-state index contributed by atoms with van der Waals surface area (Å²) in [6.07, 6.45) is 0. The first-order valence-corrected chi connectivity index (χ1v) is 8.40. The highest BCUT2D eigenvalue weighted by Gasteiger charge is 2.19. The molecule has 144 valence electrons. The van der Waals surface area contributed by atoms with Crippen LogP contribution in [0.15, 0.2) is 47.3 Å². The van der Waals surface area contributed by atoms with E-state index in [1.165, 1.54) is 19.2 Å². The highest BCUT2D eigenvalue weighted by atomic mass is 19.1. The molecule has 0 aliphatic heterocycles. The molecule has 0 bridgehead atoms. The summed E-state index contributed by atoms with van der Waals surface area (Å²) in [7, 11) is 1.44. The van der Waals surface area contributed by atoms with E-state index >= 15 is 0 Å². The van der Waals surface area contributed by atoms with Gasteiger partial charge < -0.3 is 20.2 Å². The minimum Gasteiger partial charge on any atom is -0.493 e. The fraction of sp³-hybridized carbons (Fsp3) is 0.0952. The molecule has 3 N–H and O–H groups in total. The van der Waals surface area contributed by atoms with Gasteiger partial charge in [-0.1, -0.05) is 24.3 Å². The summed E-state index contributed by atoms with van der Waals surface area (Å²) in [5.41, 5.74) is 5.56. The van der Waals surface area contributed by atoms with Crippen molar-refractivity contribution in [2.45, 2.75) is 6.61 Å². The maximum Gasteiger partial charge on any atom is 0.268 e. The number of nitrogen functional groups attached to an aromatic ring is 1. The van der Waals surface area contributed by atoms with Crippen LogP contribution in [-0.2, 0) is 6.61 Å². The van der Waals surface area contributed by atoms with Crippen LogP contribution in [0.1, 0.15) is 16.7 Å². The van der Waals surface area contributed by atoms with Gasteiger partial charge in [-0.05, 0) is 23.8 Å². The first-order chi connectivity index (χ1) is 14.0. The summed E-state index contributed by atoms with van der Waals surface area (Å²) >= 11 is 0. The summed E-state index contributed by atoms with van der Waals surface area (Å²) in [4.78, 5) is 14.4. The Labute approximate surface area is 165 Å². The molecule has 0 fully saturated rings. The van der Waals surface area contributed by atoms with E-state index in [9.17, 15) is 19.7 Å². The topological polar surface area (TPSA) is 125 Å². The zero-order chi connectivity index (χ0) is 21.0. The zero-order valence-corrected chi connectivity index (χ0v) is 15.3. The number of H-pyrrole nitrogens is 1. The summed E-state index contributed by atoms with van der Waals surface area (Å²) in [5.74, 6) is 0.0551. The Balaban J connectivity index is 2.11. The van der Waals surface area contributed by atoms with Crippen molar-refractivity contribution in [3.63, 3.8) is 0 Å². The number of halogens is 1. The van der Waals surface area contributed by atoms with Gasteiger partial charge >= 0.3 is 0 Å². The fourth-order valence-electron chi connectivity index (χ4n) is 2.85. The van der Waals surface area contributed by atoms with E-state index < -0.39 is 11.4 Å². The summed E-state index contributed by atoms with van der Waals surface area (Å²) in [6, 6.07) is 14.5. The largest absolute Gasteiger partial charge is 0.493 e. The number of nitriles is 2. The molecule has 29 heavy (non-hydrogen) atoms. The third-order valence-corrected chi connectivity index (χ3v) is 4.26. The molecule has 0 radical (unpaired) electrons. The molecular weight excluding hydrogens is 375 g/mol. The summed E-state index contributed by atoms with van der Waals surface area (Å²) < 4.78 is 24.9. The van der Waals surface area contributed by atoms with Crippen molar-refractivity contribution in [1.29, 1.82) is 10.5 Å². The van der Waals surface area contributed by atoms with Crippen molar-refractivity contribution < 1.29 is 13.9 Å². The molecule has 1 heterocycles. The average Bonchev–Trinajstić information content (AvgIpc) is 2.72. The highest BCUT2D eigenvalue weighted by Crippen LogP contribution is 2.36. The third-order valence-electron chi connectivity index (χ3n) is 4.26. The van der Waals surface area contributed by atoms with Gasteiger partial charge in [0.1, 0.15) is 41.5 Å². The van der Waals surface area contributed by atoms with Gasteiger partial charge in [0.05, 0.1) is 7.11 Å². The number of benzene rings is 2. The quantitative estimate of drug-likeness (QED) is 0.690. The lowest BCUT2D eigenvalue weighted by Gasteiger charge is -2.14. The zero-order valence-electron chi connectivity index (χ0n) is 15.3. The highest BCUT2D eigenvalue weighted by molar-refractivity contribution is 5.81. The Kier molecular flexibility index (Phi) is 5.47. The van der Waals surface area contributed by atoms with Gasteiger partial charge in [0.25, 0.3) is 5.56 Å². The number of rotatable bonds is 5. The second-order valence-corrected chi connectivity index (χ2v) is 5.96. The van der Waals surface area contributed by atoms with Crippen LogP contribution in [0.25, 0.3) is 11.1 Å². The number of pyridine rings is 1. The molecule has 2 aromatic carbocycles. The van der Waals surface area contributed by atoms with E-state index in [0.717, 1.165) is 0 Å². The number of ether oxygens (including phenoxy) is 2. The van der Waals surface area contributed by atoms with Crippen LogP contribution in [-0.4, -0.2) is 12.1 Å². The summed E-state index contributed by atoms with van der Waals surface area (Å²) in [6.45, 7) is -0.0692. The van der Waals surface area contributed by atoms with Gasteiger partial charge in [-0.3, -0.25) is 4.79 Å². The number of anilines is 1. The first-order valence-electron chi connectivity index (χ1n) is 8.40. The molecule has 0 atom stereocenters. The first kappa shape index (κ1) is 19.5. The lowest BCUT2D eigenvalue weighted by Crippen LogP contribution is -2.16. The normalized spacial score (nSPS) is 10.1. The van der Waals surface area contributed by atoms with E-state index in [1.807, 2.05) is 6.07 Å². The average molecular weight is 390 g/mol. The molecule has 0 aliphatic carbocycles. The number of nitrogens with two attached hydrogens (primary N) is 1. The molecular formula is C21H15FN4O3. The molecule has 3 aromatic rings. The van der Waals surface area contributed by atoms with Crippen LogP contribution in [0.3, 0.4) is 0 Å². The molecule has 0 spiro atoms. The van der Waals surface area contributed by atoms with E-state index in [0.29, 0.717) is 16.9 Å². The minimum atomic E-state index is -0.705. The number of aromatic amines is 1. The number of methoxy groups -OCH3 is 1. The third kappa shape index (κ3) is 3.73. The lowest BCUT2D eigenvalue weighted by atomic mass is 9.96. The summed E-state index contributed by atoms with van der Waals surface area (Å²) in [5, 5.41) is 18.9. The number of hydrogen-bond acceptors (Lipinski definition) is 6. The Hall–Kier alpha value is -4.30. The van der Waals surface area contributed by atoms with Gasteiger partial charge in [0, 0.05) is 11.1 Å². The molecule has 0 unspecified atom stereocenters. The molecule has 1 aromatic heterocycles. The van der Waals surface area contributed by atoms with Crippen LogP contribution >= 0.6 is 0 Å². The van der Waals surface area contributed by atoms with Crippen molar-refractivity contribution in [2.24, 2.45) is 0 Å². The number of aromatic nitrogens is 1. The lowest BCUT2D eigenvalue weighted by molar-refractivity contribution is 0.280. The maximum absolute atomic E-state index is 13.9. The number of nitrogens with one attached hydrogen (secondary N) is 1.